The van der Waals surface area contributed by atoms with Gasteiger partial charge in [-0.2, -0.15) is 0 Å². The number of aromatic hydroxyl groups is 2. The fourth-order valence-corrected chi connectivity index (χ4v) is 2.48. The highest BCUT2D eigenvalue weighted by atomic mass is 16.4. The highest BCUT2D eigenvalue weighted by molar-refractivity contribution is 5.94. The summed E-state index contributed by atoms with van der Waals surface area (Å²) in [5.74, 6) is -0.0805. The lowest BCUT2D eigenvalue weighted by molar-refractivity contribution is 0.461. The minimum Gasteiger partial charge on any atom is -0.508 e. The van der Waals surface area contributed by atoms with E-state index in [4.69, 9.17) is 4.42 Å². The Bertz CT molecular complexity index is 892. The molecule has 4 nitrogen and oxygen atoms in total. The molecule has 1 heterocycles. The van der Waals surface area contributed by atoms with Crippen LogP contribution in [0.1, 0.15) is 11.1 Å². The Balaban J connectivity index is 2.47. The van der Waals surface area contributed by atoms with Gasteiger partial charge in [0.25, 0.3) is 0 Å². The average molecular weight is 282 g/mol. The number of phenolic OH excluding ortho intramolecular Hbond substituents is 1. The van der Waals surface area contributed by atoms with Gasteiger partial charge in [-0.15, -0.1) is 0 Å². The lowest BCUT2D eigenvalue weighted by Crippen LogP contribution is -2.04. The van der Waals surface area contributed by atoms with Crippen molar-refractivity contribution in [3.05, 3.63) is 57.9 Å². The van der Waals surface area contributed by atoms with Gasteiger partial charge < -0.3 is 14.6 Å². The normalized spacial score (nSPS) is 11.0. The van der Waals surface area contributed by atoms with E-state index in [1.807, 2.05) is 6.07 Å². The molecule has 1 aromatic heterocycles. The maximum Gasteiger partial charge on any atom is 0.347 e. The van der Waals surface area contributed by atoms with E-state index in [-0.39, 0.29) is 22.6 Å². The number of phenols is 1. The second-order valence-electron chi connectivity index (χ2n) is 5.00. The summed E-state index contributed by atoms with van der Waals surface area (Å²) in [6.07, 6.45) is 0. The van der Waals surface area contributed by atoms with Gasteiger partial charge in [-0.25, -0.2) is 4.79 Å². The first-order valence-corrected chi connectivity index (χ1v) is 6.55. The van der Waals surface area contributed by atoms with E-state index in [1.54, 1.807) is 38.1 Å². The Morgan fingerprint density at radius 1 is 1.00 bits per heavy atom. The van der Waals surface area contributed by atoms with Crippen LogP contribution in [0.25, 0.3) is 22.1 Å². The van der Waals surface area contributed by atoms with Crippen LogP contribution in [0.2, 0.25) is 0 Å². The smallest absolute Gasteiger partial charge is 0.347 e. The molecule has 2 N–H and O–H groups in total. The van der Waals surface area contributed by atoms with Crippen molar-refractivity contribution in [1.82, 2.24) is 0 Å². The molecule has 0 radical (unpaired) electrons. The monoisotopic (exact) mass is 282 g/mol. The zero-order valence-electron chi connectivity index (χ0n) is 11.7. The van der Waals surface area contributed by atoms with Gasteiger partial charge in [-0.1, -0.05) is 30.3 Å². The zero-order chi connectivity index (χ0) is 15.1. The summed E-state index contributed by atoms with van der Waals surface area (Å²) in [6, 6.07) is 10.2. The van der Waals surface area contributed by atoms with Crippen molar-refractivity contribution in [2.75, 3.05) is 0 Å². The van der Waals surface area contributed by atoms with Gasteiger partial charge in [0.1, 0.15) is 22.6 Å². The van der Waals surface area contributed by atoms with Crippen LogP contribution in [0.5, 0.6) is 11.5 Å². The number of benzene rings is 2. The van der Waals surface area contributed by atoms with Crippen LogP contribution in [-0.2, 0) is 0 Å². The molecule has 2 aromatic carbocycles. The summed E-state index contributed by atoms with van der Waals surface area (Å²) < 4.78 is 5.27. The van der Waals surface area contributed by atoms with E-state index < -0.39 is 5.63 Å². The first-order chi connectivity index (χ1) is 10.0. The quantitative estimate of drug-likeness (QED) is 0.670. The maximum absolute atomic E-state index is 12.2. The van der Waals surface area contributed by atoms with Crippen LogP contribution in [0, 0.1) is 13.8 Å². The summed E-state index contributed by atoms with van der Waals surface area (Å²) in [7, 11) is 0. The van der Waals surface area contributed by atoms with Crippen molar-refractivity contribution >= 4 is 11.0 Å². The molecule has 21 heavy (non-hydrogen) atoms. The molecular formula is C17H14O4. The van der Waals surface area contributed by atoms with Gasteiger partial charge in [-0.05, 0) is 30.5 Å². The lowest BCUT2D eigenvalue weighted by atomic mass is 9.99. The Morgan fingerprint density at radius 2 is 1.67 bits per heavy atom. The van der Waals surface area contributed by atoms with Gasteiger partial charge in [0.2, 0.25) is 0 Å². The van der Waals surface area contributed by atoms with Crippen LogP contribution >= 0.6 is 0 Å². The summed E-state index contributed by atoms with van der Waals surface area (Å²) in [5, 5.41) is 20.8. The van der Waals surface area contributed by atoms with E-state index in [1.165, 1.54) is 6.07 Å². The van der Waals surface area contributed by atoms with Crippen LogP contribution in [-0.4, -0.2) is 10.2 Å². The van der Waals surface area contributed by atoms with Crippen molar-refractivity contribution in [1.29, 1.82) is 0 Å². The highest BCUT2D eigenvalue weighted by Gasteiger charge is 2.19. The van der Waals surface area contributed by atoms with E-state index in [0.29, 0.717) is 22.1 Å². The lowest BCUT2D eigenvalue weighted by Gasteiger charge is -2.11. The first-order valence-electron chi connectivity index (χ1n) is 6.55. The molecule has 106 valence electrons. The minimum absolute atomic E-state index is 0.0370. The van der Waals surface area contributed by atoms with Crippen molar-refractivity contribution in [3.8, 4) is 22.6 Å². The Morgan fingerprint density at radius 3 is 2.33 bits per heavy atom. The van der Waals surface area contributed by atoms with Crippen LogP contribution < -0.4 is 5.63 Å². The molecule has 0 aliphatic rings. The molecule has 0 saturated carbocycles. The van der Waals surface area contributed by atoms with Gasteiger partial charge in [0.15, 0.2) is 0 Å². The van der Waals surface area contributed by atoms with E-state index >= 15 is 0 Å². The van der Waals surface area contributed by atoms with Crippen LogP contribution in [0.4, 0.5) is 0 Å². The Hall–Kier alpha value is -2.75. The summed E-state index contributed by atoms with van der Waals surface area (Å²) >= 11 is 0. The van der Waals surface area contributed by atoms with Gasteiger partial charge in [0, 0.05) is 6.07 Å². The third-order valence-corrected chi connectivity index (χ3v) is 3.78. The maximum atomic E-state index is 12.2. The molecule has 0 saturated heterocycles. The molecule has 0 aliphatic heterocycles. The number of fused-ring (bicyclic) bond motifs is 1. The molecule has 0 bridgehead atoms. The molecule has 0 amide bonds. The van der Waals surface area contributed by atoms with Gasteiger partial charge in [-0.3, -0.25) is 0 Å². The van der Waals surface area contributed by atoms with Crippen molar-refractivity contribution in [3.63, 3.8) is 0 Å². The average Bonchev–Trinajstić information content (AvgIpc) is 2.45. The molecule has 0 aliphatic carbocycles. The van der Waals surface area contributed by atoms with Crippen molar-refractivity contribution < 1.29 is 14.6 Å². The predicted molar refractivity (Wildman–Crippen MR) is 80.7 cm³/mol. The fourth-order valence-electron chi connectivity index (χ4n) is 2.48. The summed E-state index contributed by atoms with van der Waals surface area (Å²) in [4.78, 5) is 12.2. The molecule has 0 spiro atoms. The van der Waals surface area contributed by atoms with Crippen LogP contribution in [0.15, 0.2) is 45.6 Å². The zero-order valence-corrected chi connectivity index (χ0v) is 11.7. The summed E-state index contributed by atoms with van der Waals surface area (Å²) in [5.41, 5.74) is 1.60. The predicted octanol–water partition coefficient (Wildman–Crippen LogP) is 3.49. The minimum atomic E-state index is -0.631. The second kappa shape index (κ2) is 4.66. The summed E-state index contributed by atoms with van der Waals surface area (Å²) in [6.45, 7) is 3.52. The number of aryl methyl sites for hydroxylation is 1. The molecular weight excluding hydrogens is 268 g/mol. The SMILES string of the molecule is Cc1c(O)cc2oc(=O)c(-c3ccccc3)c(O)c2c1C. The largest absolute Gasteiger partial charge is 0.508 e. The number of hydrogen-bond donors (Lipinski definition) is 2. The Kier molecular flexibility index (Phi) is 2.94. The molecule has 4 heteroatoms. The molecule has 0 fully saturated rings. The van der Waals surface area contributed by atoms with Gasteiger partial charge >= 0.3 is 5.63 Å². The Labute approximate surface area is 120 Å². The fraction of sp³-hybridized carbons (Fsp3) is 0.118. The molecule has 0 unspecified atom stereocenters. The third-order valence-electron chi connectivity index (χ3n) is 3.78. The van der Waals surface area contributed by atoms with E-state index in [9.17, 15) is 15.0 Å². The van der Waals surface area contributed by atoms with Crippen molar-refractivity contribution in [2.24, 2.45) is 0 Å². The second-order valence-corrected chi connectivity index (χ2v) is 5.00. The number of rotatable bonds is 1. The van der Waals surface area contributed by atoms with Crippen molar-refractivity contribution in [2.45, 2.75) is 13.8 Å². The van der Waals surface area contributed by atoms with E-state index in [0.717, 1.165) is 0 Å². The van der Waals surface area contributed by atoms with E-state index in [2.05, 4.69) is 0 Å². The number of hydrogen-bond acceptors (Lipinski definition) is 4. The highest BCUT2D eigenvalue weighted by Crippen LogP contribution is 2.38. The molecule has 3 rings (SSSR count). The topological polar surface area (TPSA) is 70.7 Å². The van der Waals surface area contributed by atoms with Gasteiger partial charge in [0.05, 0.1) is 5.39 Å². The molecule has 0 atom stereocenters. The molecule has 3 aromatic rings. The standard InChI is InChI=1S/C17H14O4/c1-9-10(2)14-13(8-12(9)18)21-17(20)15(16(14)19)11-6-4-3-5-7-11/h3-8,18-19H,1-2H3. The third kappa shape index (κ3) is 1.96. The first kappa shape index (κ1) is 13.2. The van der Waals surface area contributed by atoms with Crippen LogP contribution in [0.3, 0.4) is 0 Å².